The molecule has 2 aromatic heterocycles. The summed E-state index contributed by atoms with van der Waals surface area (Å²) in [6.07, 6.45) is 2.53. The highest BCUT2D eigenvalue weighted by Gasteiger charge is 2.12. The maximum Gasteiger partial charge on any atom is 0.194 e. The fourth-order valence-corrected chi connectivity index (χ4v) is 2.53. The number of hydrogen-bond acceptors (Lipinski definition) is 3. The summed E-state index contributed by atoms with van der Waals surface area (Å²) in [5.41, 5.74) is 0.826. The number of thiophene rings is 1. The van der Waals surface area contributed by atoms with Crippen molar-refractivity contribution in [2.24, 2.45) is 0 Å². The smallest absolute Gasteiger partial charge is 0.194 e. The second-order valence-electron chi connectivity index (χ2n) is 3.78. The minimum Gasteiger partial charge on any atom is -0.291 e. The summed E-state index contributed by atoms with van der Waals surface area (Å²) in [5.74, 6) is 0.0811. The number of halogens is 1. The fraction of sp³-hybridized carbons (Fsp3) is 0.333. The number of rotatable bonds is 4. The average Bonchev–Trinajstić information content (AvgIpc) is 2.91. The average molecular weight is 269 g/mol. The Kier molecular flexibility index (Phi) is 3.64. The number of aryl methyl sites for hydroxylation is 1. The molecule has 0 aliphatic rings. The first-order valence-electron chi connectivity index (χ1n) is 5.41. The highest BCUT2D eigenvalue weighted by atomic mass is 35.5. The zero-order valence-corrected chi connectivity index (χ0v) is 11.3. The van der Waals surface area contributed by atoms with E-state index in [1.165, 1.54) is 4.88 Å². The van der Waals surface area contributed by atoms with Crippen molar-refractivity contribution >= 4 is 28.7 Å². The highest BCUT2D eigenvalue weighted by Crippen LogP contribution is 2.19. The Morgan fingerprint density at radius 1 is 1.53 bits per heavy atom. The minimum atomic E-state index is 0.0811. The van der Waals surface area contributed by atoms with E-state index >= 15 is 0 Å². The summed E-state index contributed by atoms with van der Waals surface area (Å²) in [5, 5.41) is 4.67. The molecular formula is C12H13ClN2OS. The zero-order chi connectivity index (χ0) is 12.4. The molecule has 90 valence electrons. The van der Waals surface area contributed by atoms with Crippen LogP contribution in [-0.4, -0.2) is 15.6 Å². The summed E-state index contributed by atoms with van der Waals surface area (Å²) in [7, 11) is 0. The van der Waals surface area contributed by atoms with E-state index in [0.29, 0.717) is 5.02 Å². The van der Waals surface area contributed by atoms with Gasteiger partial charge in [-0.05, 0) is 25.5 Å². The molecule has 0 aromatic carbocycles. The van der Waals surface area contributed by atoms with Gasteiger partial charge in [0, 0.05) is 4.88 Å². The van der Waals surface area contributed by atoms with Crippen molar-refractivity contribution in [2.45, 2.75) is 26.8 Å². The van der Waals surface area contributed by atoms with Crippen molar-refractivity contribution in [3.63, 3.8) is 0 Å². The normalized spacial score (nSPS) is 10.8. The first kappa shape index (κ1) is 12.3. The number of Topliss-reactive ketones (excluding diaryl/α,β-unsaturated/α-hetero) is 1. The van der Waals surface area contributed by atoms with E-state index in [0.717, 1.165) is 17.0 Å². The molecule has 0 saturated heterocycles. The van der Waals surface area contributed by atoms with Gasteiger partial charge in [0.2, 0.25) is 0 Å². The van der Waals surface area contributed by atoms with Gasteiger partial charge in [0.25, 0.3) is 0 Å². The molecule has 0 aliphatic carbocycles. The van der Waals surface area contributed by atoms with E-state index in [2.05, 4.69) is 12.0 Å². The second-order valence-corrected chi connectivity index (χ2v) is 5.35. The molecule has 17 heavy (non-hydrogen) atoms. The van der Waals surface area contributed by atoms with Crippen LogP contribution in [-0.2, 0) is 13.0 Å². The molecule has 0 radical (unpaired) electrons. The molecular weight excluding hydrogens is 256 g/mol. The van der Waals surface area contributed by atoms with Crippen LogP contribution in [0.5, 0.6) is 0 Å². The monoisotopic (exact) mass is 268 g/mol. The number of carbonyl (C=O) groups excluding carboxylic acids is 1. The lowest BCUT2D eigenvalue weighted by Crippen LogP contribution is -2.11. The largest absolute Gasteiger partial charge is 0.291 e. The molecule has 2 heterocycles. The van der Waals surface area contributed by atoms with Gasteiger partial charge in [0.05, 0.1) is 21.8 Å². The van der Waals surface area contributed by atoms with Crippen molar-refractivity contribution in [1.82, 2.24) is 9.78 Å². The van der Waals surface area contributed by atoms with Crippen LogP contribution in [0.2, 0.25) is 5.02 Å². The van der Waals surface area contributed by atoms with Gasteiger partial charge in [-0.1, -0.05) is 18.5 Å². The van der Waals surface area contributed by atoms with Gasteiger partial charge in [0.1, 0.15) is 6.54 Å². The molecule has 0 unspecified atom stereocenters. The zero-order valence-electron chi connectivity index (χ0n) is 9.74. The molecule has 0 amide bonds. The molecule has 0 N–H and O–H groups in total. The van der Waals surface area contributed by atoms with Crippen LogP contribution in [0, 0.1) is 6.92 Å². The maximum absolute atomic E-state index is 12.0. The van der Waals surface area contributed by atoms with Crippen LogP contribution in [0.25, 0.3) is 0 Å². The van der Waals surface area contributed by atoms with Gasteiger partial charge in [-0.2, -0.15) is 5.10 Å². The number of ketones is 1. The van der Waals surface area contributed by atoms with Crippen LogP contribution < -0.4 is 0 Å². The van der Waals surface area contributed by atoms with Crippen LogP contribution in [0.4, 0.5) is 0 Å². The number of carbonyl (C=O) groups is 1. The van der Waals surface area contributed by atoms with Gasteiger partial charge < -0.3 is 0 Å². The van der Waals surface area contributed by atoms with Crippen molar-refractivity contribution in [3.05, 3.63) is 38.8 Å². The molecule has 0 fully saturated rings. The van der Waals surface area contributed by atoms with Crippen molar-refractivity contribution in [1.29, 1.82) is 0 Å². The van der Waals surface area contributed by atoms with Crippen molar-refractivity contribution < 1.29 is 4.79 Å². The number of nitrogens with zero attached hydrogens (tertiary/aromatic N) is 2. The first-order chi connectivity index (χ1) is 8.11. The van der Waals surface area contributed by atoms with Gasteiger partial charge in [-0.3, -0.25) is 9.48 Å². The highest BCUT2D eigenvalue weighted by molar-refractivity contribution is 7.14. The Bertz CT molecular complexity index is 544. The second kappa shape index (κ2) is 5.02. The third kappa shape index (κ3) is 2.58. The summed E-state index contributed by atoms with van der Waals surface area (Å²) in [4.78, 5) is 14.0. The summed E-state index contributed by atoms with van der Waals surface area (Å²) in [6.45, 7) is 4.19. The van der Waals surface area contributed by atoms with E-state index < -0.39 is 0 Å². The van der Waals surface area contributed by atoms with Gasteiger partial charge in [-0.15, -0.1) is 11.3 Å². The van der Waals surface area contributed by atoms with Crippen molar-refractivity contribution in [2.75, 3.05) is 0 Å². The molecule has 2 aromatic rings. The predicted octanol–water partition coefficient (Wildman–Crippen LogP) is 3.35. The van der Waals surface area contributed by atoms with E-state index in [1.807, 2.05) is 19.1 Å². The lowest BCUT2D eigenvalue weighted by molar-refractivity contribution is 0.0971. The van der Waals surface area contributed by atoms with E-state index in [-0.39, 0.29) is 12.3 Å². The summed E-state index contributed by atoms with van der Waals surface area (Å²) in [6, 6.07) is 3.88. The van der Waals surface area contributed by atoms with Crippen molar-refractivity contribution in [3.8, 4) is 0 Å². The Balaban J connectivity index is 2.14. The lowest BCUT2D eigenvalue weighted by atomic mass is 10.3. The first-order valence-corrected chi connectivity index (χ1v) is 6.61. The maximum atomic E-state index is 12.0. The quantitative estimate of drug-likeness (QED) is 0.797. The molecule has 0 saturated carbocycles. The predicted molar refractivity (Wildman–Crippen MR) is 70.0 cm³/mol. The number of aromatic nitrogens is 2. The third-order valence-electron chi connectivity index (χ3n) is 2.62. The van der Waals surface area contributed by atoms with Crippen LogP contribution in [0.15, 0.2) is 18.3 Å². The summed E-state index contributed by atoms with van der Waals surface area (Å²) < 4.78 is 1.63. The molecule has 0 aliphatic heterocycles. The molecule has 5 heteroatoms. The molecule has 3 nitrogen and oxygen atoms in total. The van der Waals surface area contributed by atoms with Gasteiger partial charge in [-0.25, -0.2) is 0 Å². The Morgan fingerprint density at radius 3 is 2.82 bits per heavy atom. The third-order valence-corrected chi connectivity index (χ3v) is 4.26. The van der Waals surface area contributed by atoms with Gasteiger partial charge in [0.15, 0.2) is 5.78 Å². The fourth-order valence-electron chi connectivity index (χ4n) is 1.51. The van der Waals surface area contributed by atoms with Crippen LogP contribution >= 0.6 is 22.9 Å². The minimum absolute atomic E-state index is 0.0811. The SMILES string of the molecule is CCc1ccc(C(=O)Cn2ncc(Cl)c2C)s1. The van der Waals surface area contributed by atoms with E-state index in [9.17, 15) is 4.79 Å². The Morgan fingerprint density at radius 2 is 2.29 bits per heavy atom. The standard InChI is InChI=1S/C12H13ClN2OS/c1-3-9-4-5-12(17-9)11(16)7-15-8(2)10(13)6-14-15/h4-6H,3,7H2,1-2H3. The lowest BCUT2D eigenvalue weighted by Gasteiger charge is -2.01. The molecule has 0 bridgehead atoms. The van der Waals surface area contributed by atoms with Crippen LogP contribution in [0.3, 0.4) is 0 Å². The molecule has 0 spiro atoms. The van der Waals surface area contributed by atoms with Gasteiger partial charge >= 0.3 is 0 Å². The van der Waals surface area contributed by atoms with E-state index in [4.69, 9.17) is 11.6 Å². The Labute approximate surface area is 109 Å². The topological polar surface area (TPSA) is 34.9 Å². The molecule has 2 rings (SSSR count). The summed E-state index contributed by atoms with van der Waals surface area (Å²) >= 11 is 7.44. The Hall–Kier alpha value is -1.13. The molecule has 0 atom stereocenters. The van der Waals surface area contributed by atoms with Crippen LogP contribution in [0.1, 0.15) is 27.2 Å². The number of hydrogen-bond donors (Lipinski definition) is 0. The van der Waals surface area contributed by atoms with E-state index in [1.54, 1.807) is 22.2 Å².